The van der Waals surface area contributed by atoms with Crippen LogP contribution in [0.2, 0.25) is 0 Å². The monoisotopic (exact) mass is 328 g/mol. The molecule has 0 atom stereocenters. The standard InChI is InChI=1S/C17H24N6O/c24-17-4-3-16(15-1-2-15)20-22(17)13-14-5-9-21(10-6-14)11-12-23-18-7-8-19-23/h3-4,7-8,14-15H,1-2,5-6,9-13H2. The SMILES string of the molecule is O=c1ccc(C2CC2)nn1CC1CCN(CCn2nccn2)CC1. The lowest BCUT2D eigenvalue weighted by Crippen LogP contribution is -2.38. The zero-order valence-corrected chi connectivity index (χ0v) is 13.9. The molecule has 7 nitrogen and oxygen atoms in total. The van der Waals surface area contributed by atoms with Gasteiger partial charge in [-0.3, -0.25) is 4.79 Å². The van der Waals surface area contributed by atoms with E-state index in [1.54, 1.807) is 27.9 Å². The van der Waals surface area contributed by atoms with Crippen molar-refractivity contribution in [2.24, 2.45) is 5.92 Å². The maximum Gasteiger partial charge on any atom is 0.266 e. The second-order valence-corrected chi connectivity index (χ2v) is 6.96. The predicted molar refractivity (Wildman–Crippen MR) is 89.7 cm³/mol. The third-order valence-corrected chi connectivity index (χ3v) is 5.10. The highest BCUT2D eigenvalue weighted by atomic mass is 16.1. The molecule has 1 aliphatic heterocycles. The maximum absolute atomic E-state index is 12.1. The van der Waals surface area contributed by atoms with E-state index in [4.69, 9.17) is 0 Å². The zero-order valence-electron chi connectivity index (χ0n) is 13.9. The van der Waals surface area contributed by atoms with Crippen LogP contribution < -0.4 is 5.56 Å². The number of aromatic nitrogens is 5. The van der Waals surface area contributed by atoms with Crippen molar-refractivity contribution < 1.29 is 0 Å². The Morgan fingerprint density at radius 3 is 2.46 bits per heavy atom. The van der Waals surface area contributed by atoms with Gasteiger partial charge in [-0.2, -0.15) is 20.1 Å². The molecule has 7 heteroatoms. The number of rotatable bonds is 6. The summed E-state index contributed by atoms with van der Waals surface area (Å²) in [4.78, 5) is 16.2. The van der Waals surface area contributed by atoms with Gasteiger partial charge in [-0.25, -0.2) is 4.68 Å². The van der Waals surface area contributed by atoms with Crippen LogP contribution in [-0.4, -0.2) is 49.3 Å². The van der Waals surface area contributed by atoms with E-state index < -0.39 is 0 Å². The lowest BCUT2D eigenvalue weighted by molar-refractivity contribution is 0.161. The first-order valence-corrected chi connectivity index (χ1v) is 8.92. The number of likely N-dealkylation sites (tertiary alicyclic amines) is 1. The van der Waals surface area contributed by atoms with Crippen molar-refractivity contribution in [1.29, 1.82) is 0 Å². The molecule has 2 aromatic heterocycles. The van der Waals surface area contributed by atoms with Gasteiger partial charge in [0.25, 0.3) is 5.56 Å². The molecule has 1 saturated heterocycles. The molecular formula is C17H24N6O. The largest absolute Gasteiger partial charge is 0.301 e. The Bertz CT molecular complexity index is 713. The summed E-state index contributed by atoms with van der Waals surface area (Å²) in [5, 5.41) is 12.9. The summed E-state index contributed by atoms with van der Waals surface area (Å²) < 4.78 is 1.70. The Balaban J connectivity index is 1.28. The molecule has 0 amide bonds. The minimum atomic E-state index is 0.0339. The van der Waals surface area contributed by atoms with Gasteiger partial charge in [0, 0.05) is 25.1 Å². The third kappa shape index (κ3) is 3.72. The van der Waals surface area contributed by atoms with Crippen molar-refractivity contribution in [1.82, 2.24) is 29.7 Å². The number of hydrogen-bond donors (Lipinski definition) is 0. The van der Waals surface area contributed by atoms with Crippen LogP contribution in [0.15, 0.2) is 29.3 Å². The lowest BCUT2D eigenvalue weighted by Gasteiger charge is -2.31. The second kappa shape index (κ2) is 6.84. The maximum atomic E-state index is 12.1. The smallest absolute Gasteiger partial charge is 0.266 e. The van der Waals surface area contributed by atoms with E-state index in [1.807, 2.05) is 6.07 Å². The molecule has 1 aliphatic carbocycles. The molecule has 1 saturated carbocycles. The molecule has 0 radical (unpaired) electrons. The Morgan fingerprint density at radius 2 is 1.75 bits per heavy atom. The molecular weight excluding hydrogens is 304 g/mol. The minimum Gasteiger partial charge on any atom is -0.301 e. The van der Waals surface area contributed by atoms with E-state index in [-0.39, 0.29) is 5.56 Å². The fourth-order valence-electron chi connectivity index (χ4n) is 3.42. The second-order valence-electron chi connectivity index (χ2n) is 6.96. The molecule has 2 fully saturated rings. The topological polar surface area (TPSA) is 68.8 Å². The van der Waals surface area contributed by atoms with Gasteiger partial charge in [0.2, 0.25) is 0 Å². The highest BCUT2D eigenvalue weighted by Gasteiger charge is 2.26. The summed E-state index contributed by atoms with van der Waals surface area (Å²) in [5.41, 5.74) is 1.13. The van der Waals surface area contributed by atoms with Gasteiger partial charge < -0.3 is 4.90 Å². The Morgan fingerprint density at radius 1 is 1.00 bits per heavy atom. The van der Waals surface area contributed by atoms with Crippen molar-refractivity contribution in [3.63, 3.8) is 0 Å². The lowest BCUT2D eigenvalue weighted by atomic mass is 9.97. The molecule has 3 heterocycles. The Labute approximate surface area is 141 Å². The molecule has 0 spiro atoms. The van der Waals surface area contributed by atoms with E-state index in [2.05, 4.69) is 20.2 Å². The molecule has 2 aliphatic rings. The third-order valence-electron chi connectivity index (χ3n) is 5.10. The number of nitrogens with zero attached hydrogens (tertiary/aromatic N) is 6. The van der Waals surface area contributed by atoms with Crippen LogP contribution in [0.25, 0.3) is 0 Å². The van der Waals surface area contributed by atoms with E-state index in [0.717, 1.165) is 51.3 Å². The van der Waals surface area contributed by atoms with Gasteiger partial charge in [-0.15, -0.1) is 0 Å². The Hall–Kier alpha value is -2.02. The molecule has 2 aromatic rings. The summed E-state index contributed by atoms with van der Waals surface area (Å²) in [7, 11) is 0. The highest BCUT2D eigenvalue weighted by molar-refractivity contribution is 5.12. The van der Waals surface area contributed by atoms with Gasteiger partial charge in [0.15, 0.2) is 0 Å². The van der Waals surface area contributed by atoms with E-state index in [1.165, 1.54) is 12.8 Å². The van der Waals surface area contributed by atoms with E-state index in [0.29, 0.717) is 11.8 Å². The van der Waals surface area contributed by atoms with Crippen LogP contribution in [0.3, 0.4) is 0 Å². The van der Waals surface area contributed by atoms with Crippen LogP contribution >= 0.6 is 0 Å². The first-order chi connectivity index (χ1) is 11.8. The zero-order chi connectivity index (χ0) is 16.4. The molecule has 0 N–H and O–H groups in total. The summed E-state index contributed by atoms with van der Waals surface area (Å²) in [6.07, 6.45) is 8.10. The predicted octanol–water partition coefficient (Wildman–Crippen LogP) is 1.12. The first kappa shape index (κ1) is 15.5. The van der Waals surface area contributed by atoms with Gasteiger partial charge in [0.1, 0.15) is 0 Å². The first-order valence-electron chi connectivity index (χ1n) is 8.92. The minimum absolute atomic E-state index is 0.0339. The van der Waals surface area contributed by atoms with Crippen LogP contribution in [0.4, 0.5) is 0 Å². The van der Waals surface area contributed by atoms with Gasteiger partial charge in [-0.05, 0) is 50.8 Å². The van der Waals surface area contributed by atoms with Gasteiger partial charge in [-0.1, -0.05) is 0 Å². The van der Waals surface area contributed by atoms with Crippen molar-refractivity contribution in [2.75, 3.05) is 19.6 Å². The summed E-state index contributed by atoms with van der Waals surface area (Å²) in [5.74, 6) is 1.14. The fraction of sp³-hybridized carbons (Fsp3) is 0.647. The molecule has 0 bridgehead atoms. The van der Waals surface area contributed by atoms with Gasteiger partial charge in [0.05, 0.1) is 24.6 Å². The van der Waals surface area contributed by atoms with E-state index >= 15 is 0 Å². The van der Waals surface area contributed by atoms with Crippen molar-refractivity contribution in [2.45, 2.75) is 44.7 Å². The van der Waals surface area contributed by atoms with Crippen LogP contribution in [0.1, 0.15) is 37.3 Å². The quantitative estimate of drug-likeness (QED) is 0.795. The van der Waals surface area contributed by atoms with Crippen LogP contribution in [0, 0.1) is 5.92 Å². The molecule has 0 aromatic carbocycles. The summed E-state index contributed by atoms with van der Waals surface area (Å²) in [6.45, 7) is 4.72. The summed E-state index contributed by atoms with van der Waals surface area (Å²) >= 11 is 0. The average molecular weight is 328 g/mol. The van der Waals surface area contributed by atoms with Crippen molar-refractivity contribution >= 4 is 0 Å². The normalized spacial score (nSPS) is 19.7. The van der Waals surface area contributed by atoms with Gasteiger partial charge >= 0.3 is 0 Å². The highest BCUT2D eigenvalue weighted by Crippen LogP contribution is 2.38. The molecule has 4 rings (SSSR count). The number of hydrogen-bond acceptors (Lipinski definition) is 5. The van der Waals surface area contributed by atoms with Crippen LogP contribution in [0.5, 0.6) is 0 Å². The number of piperidine rings is 1. The van der Waals surface area contributed by atoms with Crippen molar-refractivity contribution in [3.8, 4) is 0 Å². The van der Waals surface area contributed by atoms with Crippen LogP contribution in [-0.2, 0) is 13.1 Å². The Kier molecular flexibility index (Phi) is 4.42. The fourth-order valence-corrected chi connectivity index (χ4v) is 3.42. The molecule has 128 valence electrons. The average Bonchev–Trinajstić information content (AvgIpc) is 3.32. The van der Waals surface area contributed by atoms with Crippen molar-refractivity contribution in [3.05, 3.63) is 40.6 Å². The molecule has 24 heavy (non-hydrogen) atoms. The molecule has 0 unspecified atom stereocenters. The summed E-state index contributed by atoms with van der Waals surface area (Å²) in [6, 6.07) is 3.59. The van der Waals surface area contributed by atoms with E-state index in [9.17, 15) is 4.79 Å².